The average Bonchev–Trinajstić information content (AvgIpc) is 2.32. The van der Waals surface area contributed by atoms with Crippen molar-refractivity contribution in [2.75, 3.05) is 0 Å². The summed E-state index contributed by atoms with van der Waals surface area (Å²) in [5.74, 6) is 0. The number of hydrogen-bond acceptors (Lipinski definition) is 2. The Morgan fingerprint density at radius 2 is 1.94 bits per heavy atom. The largest absolute Gasteiger partial charge is 0.384 e. The predicted octanol–water partition coefficient (Wildman–Crippen LogP) is 3.54. The molecule has 1 unspecified atom stereocenters. The van der Waals surface area contributed by atoms with Crippen LogP contribution < -0.4 is 0 Å². The maximum atomic E-state index is 10.3. The van der Waals surface area contributed by atoms with Gasteiger partial charge in [0, 0.05) is 22.4 Å². The molecular formula is C14H14BrNO. The van der Waals surface area contributed by atoms with Crippen molar-refractivity contribution in [2.45, 2.75) is 20.0 Å². The van der Waals surface area contributed by atoms with Crippen LogP contribution in [0.4, 0.5) is 0 Å². The first-order valence-electron chi connectivity index (χ1n) is 5.44. The van der Waals surface area contributed by atoms with Crippen molar-refractivity contribution in [3.8, 4) is 0 Å². The van der Waals surface area contributed by atoms with Crippen LogP contribution in [-0.2, 0) is 0 Å². The molecule has 0 saturated carbocycles. The highest BCUT2D eigenvalue weighted by molar-refractivity contribution is 9.10. The number of hydrogen-bond donors (Lipinski definition) is 1. The fraction of sp³-hybridized carbons (Fsp3) is 0.214. The molecule has 0 aliphatic carbocycles. The van der Waals surface area contributed by atoms with Crippen LogP contribution in [0, 0.1) is 13.8 Å². The molecule has 1 atom stereocenters. The maximum Gasteiger partial charge on any atom is 0.106 e. The molecular weight excluding hydrogens is 278 g/mol. The van der Waals surface area contributed by atoms with Gasteiger partial charge in [-0.2, -0.15) is 0 Å². The van der Waals surface area contributed by atoms with E-state index in [2.05, 4.69) is 20.9 Å². The summed E-state index contributed by atoms with van der Waals surface area (Å²) in [5.41, 5.74) is 3.93. The highest BCUT2D eigenvalue weighted by atomic mass is 79.9. The average molecular weight is 292 g/mol. The molecule has 0 radical (unpaired) electrons. The molecule has 2 aromatic rings. The second kappa shape index (κ2) is 4.98. The highest BCUT2D eigenvalue weighted by Gasteiger charge is 2.13. The van der Waals surface area contributed by atoms with Crippen molar-refractivity contribution in [2.24, 2.45) is 0 Å². The van der Waals surface area contributed by atoms with Gasteiger partial charge in [-0.15, -0.1) is 0 Å². The van der Waals surface area contributed by atoms with Crippen LogP contribution in [0.15, 0.2) is 41.1 Å². The smallest absolute Gasteiger partial charge is 0.106 e. The van der Waals surface area contributed by atoms with E-state index in [-0.39, 0.29) is 0 Å². The lowest BCUT2D eigenvalue weighted by atomic mass is 9.99. The van der Waals surface area contributed by atoms with E-state index in [0.29, 0.717) is 0 Å². The molecule has 1 heterocycles. The van der Waals surface area contributed by atoms with Crippen LogP contribution in [0.1, 0.15) is 28.4 Å². The van der Waals surface area contributed by atoms with Gasteiger partial charge >= 0.3 is 0 Å². The Balaban J connectivity index is 2.40. The molecule has 1 N–H and O–H groups in total. The third-order valence-electron chi connectivity index (χ3n) is 2.89. The van der Waals surface area contributed by atoms with E-state index in [1.807, 2.05) is 38.1 Å². The van der Waals surface area contributed by atoms with Crippen molar-refractivity contribution < 1.29 is 5.11 Å². The number of aliphatic hydroxyl groups is 1. The molecule has 0 aliphatic heterocycles. The van der Waals surface area contributed by atoms with E-state index in [1.165, 1.54) is 0 Å². The van der Waals surface area contributed by atoms with Gasteiger partial charge in [0.05, 0.1) is 0 Å². The Bertz CT molecular complexity index is 539. The topological polar surface area (TPSA) is 33.1 Å². The Kier molecular flexibility index (Phi) is 3.60. The van der Waals surface area contributed by atoms with Gasteiger partial charge in [-0.05, 0) is 42.7 Å². The number of rotatable bonds is 2. The first kappa shape index (κ1) is 12.3. The molecule has 2 rings (SSSR count). The minimum atomic E-state index is -0.624. The summed E-state index contributed by atoms with van der Waals surface area (Å²) in [5, 5.41) is 10.3. The van der Waals surface area contributed by atoms with E-state index < -0.39 is 6.10 Å². The number of benzene rings is 1. The Morgan fingerprint density at radius 3 is 2.59 bits per heavy atom. The molecule has 17 heavy (non-hydrogen) atoms. The number of aryl methyl sites for hydroxylation is 2. The van der Waals surface area contributed by atoms with Gasteiger partial charge in [-0.3, -0.25) is 4.98 Å². The first-order valence-corrected chi connectivity index (χ1v) is 6.23. The molecule has 1 aromatic heterocycles. The number of aliphatic hydroxyl groups excluding tert-OH is 1. The van der Waals surface area contributed by atoms with Gasteiger partial charge in [0.15, 0.2) is 0 Å². The van der Waals surface area contributed by atoms with Crippen molar-refractivity contribution >= 4 is 15.9 Å². The summed E-state index contributed by atoms with van der Waals surface area (Å²) >= 11 is 3.48. The normalized spacial score (nSPS) is 12.5. The molecule has 0 bridgehead atoms. The molecule has 1 aromatic carbocycles. The highest BCUT2D eigenvalue weighted by Crippen LogP contribution is 2.27. The van der Waals surface area contributed by atoms with Crippen LogP contribution in [0.2, 0.25) is 0 Å². The number of aromatic nitrogens is 1. The minimum Gasteiger partial charge on any atom is -0.384 e. The van der Waals surface area contributed by atoms with E-state index in [4.69, 9.17) is 0 Å². The Morgan fingerprint density at radius 1 is 1.18 bits per heavy atom. The van der Waals surface area contributed by atoms with Crippen molar-refractivity contribution in [1.82, 2.24) is 4.98 Å². The molecule has 0 aliphatic rings. The van der Waals surface area contributed by atoms with Crippen molar-refractivity contribution in [3.63, 3.8) is 0 Å². The van der Waals surface area contributed by atoms with Gasteiger partial charge < -0.3 is 5.11 Å². The van der Waals surface area contributed by atoms with Gasteiger partial charge in [0.25, 0.3) is 0 Å². The van der Waals surface area contributed by atoms with E-state index in [0.717, 1.165) is 26.7 Å². The third kappa shape index (κ3) is 2.56. The SMILES string of the molecule is Cc1ccc(C(O)c2cnccc2C)cc1Br. The van der Waals surface area contributed by atoms with Crippen LogP contribution in [0.25, 0.3) is 0 Å². The second-order valence-electron chi connectivity index (χ2n) is 4.14. The standard InChI is InChI=1S/C14H14BrNO/c1-9-5-6-16-8-12(9)14(17)11-4-3-10(2)13(15)7-11/h3-8,14,17H,1-2H3. The fourth-order valence-electron chi connectivity index (χ4n) is 1.72. The lowest BCUT2D eigenvalue weighted by Crippen LogP contribution is -2.02. The van der Waals surface area contributed by atoms with E-state index >= 15 is 0 Å². The van der Waals surface area contributed by atoms with Gasteiger partial charge in [-0.1, -0.05) is 28.1 Å². The van der Waals surface area contributed by atoms with E-state index in [9.17, 15) is 5.11 Å². The monoisotopic (exact) mass is 291 g/mol. The summed E-state index contributed by atoms with van der Waals surface area (Å²) < 4.78 is 1.01. The maximum absolute atomic E-state index is 10.3. The Labute approximate surface area is 109 Å². The number of pyridine rings is 1. The van der Waals surface area contributed by atoms with Gasteiger partial charge in [-0.25, -0.2) is 0 Å². The molecule has 0 saturated heterocycles. The van der Waals surface area contributed by atoms with Crippen LogP contribution in [-0.4, -0.2) is 10.1 Å². The third-order valence-corrected chi connectivity index (χ3v) is 3.74. The van der Waals surface area contributed by atoms with Crippen molar-refractivity contribution in [3.05, 3.63) is 63.4 Å². The van der Waals surface area contributed by atoms with Crippen LogP contribution >= 0.6 is 15.9 Å². The number of nitrogens with zero attached hydrogens (tertiary/aromatic N) is 1. The summed E-state index contributed by atoms with van der Waals surface area (Å²) in [4.78, 5) is 4.06. The molecule has 0 spiro atoms. The molecule has 2 nitrogen and oxygen atoms in total. The quantitative estimate of drug-likeness (QED) is 0.918. The lowest BCUT2D eigenvalue weighted by molar-refractivity contribution is 0.219. The number of halogens is 1. The van der Waals surface area contributed by atoms with Gasteiger partial charge in [0.2, 0.25) is 0 Å². The lowest BCUT2D eigenvalue weighted by Gasteiger charge is -2.14. The summed E-state index contributed by atoms with van der Waals surface area (Å²) in [6.45, 7) is 4.00. The van der Waals surface area contributed by atoms with Crippen molar-refractivity contribution in [1.29, 1.82) is 0 Å². The minimum absolute atomic E-state index is 0.624. The predicted molar refractivity (Wildman–Crippen MR) is 71.9 cm³/mol. The fourth-order valence-corrected chi connectivity index (χ4v) is 2.12. The summed E-state index contributed by atoms with van der Waals surface area (Å²) in [6.07, 6.45) is 2.82. The summed E-state index contributed by atoms with van der Waals surface area (Å²) in [7, 11) is 0. The van der Waals surface area contributed by atoms with Crippen LogP contribution in [0.3, 0.4) is 0 Å². The summed E-state index contributed by atoms with van der Waals surface area (Å²) in [6, 6.07) is 7.79. The first-order chi connectivity index (χ1) is 8.09. The molecule has 3 heteroatoms. The Hall–Kier alpha value is -1.19. The zero-order valence-electron chi connectivity index (χ0n) is 9.81. The van der Waals surface area contributed by atoms with E-state index in [1.54, 1.807) is 12.4 Å². The molecule has 88 valence electrons. The van der Waals surface area contributed by atoms with Crippen LogP contribution in [0.5, 0.6) is 0 Å². The zero-order valence-corrected chi connectivity index (χ0v) is 11.4. The zero-order chi connectivity index (χ0) is 12.4. The second-order valence-corrected chi connectivity index (χ2v) is 5.00. The van der Waals surface area contributed by atoms with Gasteiger partial charge in [0.1, 0.15) is 6.10 Å². The molecule has 0 amide bonds. The molecule has 0 fully saturated rings.